The fraction of sp³-hybridized carbons (Fsp3) is 0.562. The van der Waals surface area contributed by atoms with Crippen LogP contribution in [0.4, 0.5) is 4.79 Å². The molecule has 4 rings (SSSR count). The minimum Gasteiger partial charge on any atom is -0.443 e. The molecule has 0 unspecified atom stereocenters. The Hall–Kier alpha value is -3.15. The fourth-order valence-corrected chi connectivity index (χ4v) is 7.05. The molecule has 236 valence electrons. The van der Waals surface area contributed by atoms with Crippen molar-refractivity contribution in [2.45, 2.75) is 96.1 Å². The first-order valence-corrected chi connectivity index (χ1v) is 16.7. The third-order valence-corrected chi connectivity index (χ3v) is 9.00. The molecule has 0 N–H and O–H groups in total. The van der Waals surface area contributed by atoms with Crippen molar-refractivity contribution in [2.75, 3.05) is 19.4 Å². The number of ether oxygens (including phenoxy) is 2. The molecule has 2 aromatic rings. The van der Waals surface area contributed by atoms with E-state index in [1.165, 1.54) is 6.92 Å². The van der Waals surface area contributed by atoms with Crippen molar-refractivity contribution in [1.82, 2.24) is 9.21 Å². The first kappa shape index (κ1) is 32.8. The molecule has 0 aromatic heterocycles. The van der Waals surface area contributed by atoms with Crippen LogP contribution in [0.2, 0.25) is 0 Å². The van der Waals surface area contributed by atoms with Gasteiger partial charge in [-0.1, -0.05) is 48.5 Å². The first-order chi connectivity index (χ1) is 20.3. The molecular weight excluding hydrogens is 572 g/mol. The number of amides is 1. The van der Waals surface area contributed by atoms with Gasteiger partial charge in [-0.25, -0.2) is 18.0 Å². The van der Waals surface area contributed by atoms with Crippen LogP contribution in [0.5, 0.6) is 5.75 Å². The Labute approximate surface area is 255 Å². The summed E-state index contributed by atoms with van der Waals surface area (Å²) < 4.78 is 38.9. The first-order valence-electron chi connectivity index (χ1n) is 14.9. The Morgan fingerprint density at radius 2 is 1.60 bits per heavy atom. The summed E-state index contributed by atoms with van der Waals surface area (Å²) in [5.74, 6) is 0.253. The van der Waals surface area contributed by atoms with Gasteiger partial charge in [0.1, 0.15) is 5.60 Å². The molecule has 1 saturated carbocycles. The Balaban J connectivity index is 1.46. The lowest BCUT2D eigenvalue weighted by Crippen LogP contribution is -2.53. The SMILES string of the molecule is CC(=O)OOc1ccccc1C1CCC(OC[C@H]2[C@@H](N(C(=O)OC(C)(C)C)S(C)(=O)=O)CCN2Cc2ccccc2)CC1. The van der Waals surface area contributed by atoms with Crippen molar-refractivity contribution in [3.63, 3.8) is 0 Å². The molecule has 2 fully saturated rings. The highest BCUT2D eigenvalue weighted by Crippen LogP contribution is 2.39. The standard InChI is InChI=1S/C32H44N2O8S/c1-23(35)41-42-30-14-10-9-13-27(30)25-15-17-26(18-16-25)39-22-29-28(19-20-33(29)21-24-11-7-6-8-12-24)34(43(5,37)38)31(36)40-32(2,3)4/h6-14,25-26,28-29H,15-22H2,1-5H3/t25?,26?,28-,29-/m0/s1. The molecule has 0 spiro atoms. The van der Waals surface area contributed by atoms with E-state index in [0.29, 0.717) is 25.3 Å². The van der Waals surface area contributed by atoms with Crippen LogP contribution in [-0.4, -0.2) is 72.9 Å². The van der Waals surface area contributed by atoms with Gasteiger partial charge < -0.3 is 9.47 Å². The van der Waals surface area contributed by atoms with Gasteiger partial charge in [0.2, 0.25) is 10.0 Å². The second-order valence-electron chi connectivity index (χ2n) is 12.4. The maximum Gasteiger partial charge on any atom is 0.424 e. The van der Waals surface area contributed by atoms with E-state index in [4.69, 9.17) is 19.2 Å². The van der Waals surface area contributed by atoms with Gasteiger partial charge in [-0.15, -0.1) is 0 Å². The van der Waals surface area contributed by atoms with Crippen molar-refractivity contribution >= 4 is 22.1 Å². The van der Waals surface area contributed by atoms with Gasteiger partial charge in [-0.3, -0.25) is 14.7 Å². The lowest BCUT2D eigenvalue weighted by molar-refractivity contribution is -0.211. The number of hydrogen-bond acceptors (Lipinski definition) is 9. The predicted octanol–water partition coefficient (Wildman–Crippen LogP) is 5.43. The lowest BCUT2D eigenvalue weighted by atomic mass is 9.82. The third-order valence-electron chi connectivity index (χ3n) is 7.87. The summed E-state index contributed by atoms with van der Waals surface area (Å²) >= 11 is 0. The largest absolute Gasteiger partial charge is 0.443 e. The number of rotatable bonds is 10. The zero-order valence-electron chi connectivity index (χ0n) is 25.7. The molecule has 2 aromatic carbocycles. The summed E-state index contributed by atoms with van der Waals surface area (Å²) in [7, 11) is -3.91. The van der Waals surface area contributed by atoms with Gasteiger partial charge >= 0.3 is 12.1 Å². The van der Waals surface area contributed by atoms with Crippen LogP contribution in [0, 0.1) is 0 Å². The zero-order valence-corrected chi connectivity index (χ0v) is 26.5. The van der Waals surface area contributed by atoms with Crippen molar-refractivity contribution in [2.24, 2.45) is 0 Å². The average molecular weight is 617 g/mol. The number of carbonyl (C=O) groups is 2. The van der Waals surface area contributed by atoms with Gasteiger partial charge in [0.05, 0.1) is 31.1 Å². The highest BCUT2D eigenvalue weighted by atomic mass is 32.2. The molecule has 2 aliphatic rings. The van der Waals surface area contributed by atoms with E-state index >= 15 is 0 Å². The Kier molecular flexibility index (Phi) is 10.7. The molecule has 1 heterocycles. The van der Waals surface area contributed by atoms with Gasteiger partial charge in [0, 0.05) is 25.6 Å². The predicted molar refractivity (Wildman–Crippen MR) is 162 cm³/mol. The van der Waals surface area contributed by atoms with Crippen LogP contribution in [0.15, 0.2) is 54.6 Å². The average Bonchev–Trinajstić information content (AvgIpc) is 3.31. The van der Waals surface area contributed by atoms with E-state index in [1.54, 1.807) is 26.8 Å². The zero-order chi connectivity index (χ0) is 31.2. The summed E-state index contributed by atoms with van der Waals surface area (Å²) in [6.45, 7) is 7.98. The van der Waals surface area contributed by atoms with Crippen molar-refractivity contribution in [3.05, 3.63) is 65.7 Å². The highest BCUT2D eigenvalue weighted by Gasteiger charge is 2.45. The molecule has 2 atom stereocenters. The molecule has 0 bridgehead atoms. The van der Waals surface area contributed by atoms with E-state index in [2.05, 4.69) is 4.90 Å². The topological polar surface area (TPSA) is 112 Å². The maximum absolute atomic E-state index is 13.2. The molecule has 10 nitrogen and oxygen atoms in total. The molecule has 11 heteroatoms. The quantitative estimate of drug-likeness (QED) is 0.255. The third kappa shape index (κ3) is 9.17. The molecule has 0 radical (unpaired) electrons. The summed E-state index contributed by atoms with van der Waals surface area (Å²) in [4.78, 5) is 36.7. The smallest absolute Gasteiger partial charge is 0.424 e. The molecule has 1 amide bonds. The monoisotopic (exact) mass is 616 g/mol. The number of likely N-dealkylation sites (tertiary alicyclic amines) is 1. The molecular formula is C32H44N2O8S. The van der Waals surface area contributed by atoms with Gasteiger partial charge in [0.15, 0.2) is 5.75 Å². The van der Waals surface area contributed by atoms with Gasteiger partial charge in [0.25, 0.3) is 0 Å². The second kappa shape index (κ2) is 14.1. The van der Waals surface area contributed by atoms with Crippen molar-refractivity contribution < 1.29 is 37.3 Å². The molecule has 1 aliphatic carbocycles. The minimum atomic E-state index is -3.91. The number of para-hydroxylation sites is 1. The number of carbonyl (C=O) groups excluding carboxylic acids is 2. The highest BCUT2D eigenvalue weighted by molar-refractivity contribution is 7.88. The van der Waals surface area contributed by atoms with Crippen LogP contribution >= 0.6 is 0 Å². The van der Waals surface area contributed by atoms with Crippen LogP contribution < -0.4 is 4.89 Å². The van der Waals surface area contributed by atoms with E-state index in [1.807, 2.05) is 48.5 Å². The lowest BCUT2D eigenvalue weighted by Gasteiger charge is -2.36. The second-order valence-corrected chi connectivity index (χ2v) is 14.3. The van der Waals surface area contributed by atoms with Crippen LogP contribution in [0.1, 0.15) is 76.8 Å². The van der Waals surface area contributed by atoms with Crippen LogP contribution in [0.3, 0.4) is 0 Å². The number of nitrogens with zero attached hydrogens (tertiary/aromatic N) is 2. The maximum atomic E-state index is 13.2. The van der Waals surface area contributed by atoms with Crippen LogP contribution in [-0.2, 0) is 35.7 Å². The number of sulfonamides is 1. The van der Waals surface area contributed by atoms with Gasteiger partial charge in [-0.2, -0.15) is 4.31 Å². The Morgan fingerprint density at radius 3 is 2.23 bits per heavy atom. The summed E-state index contributed by atoms with van der Waals surface area (Å²) in [5.41, 5.74) is 1.26. The Morgan fingerprint density at radius 1 is 0.953 bits per heavy atom. The van der Waals surface area contributed by atoms with E-state index < -0.39 is 33.7 Å². The van der Waals surface area contributed by atoms with Crippen molar-refractivity contribution in [3.8, 4) is 5.75 Å². The summed E-state index contributed by atoms with van der Waals surface area (Å²) in [5, 5.41) is 0. The Bertz CT molecular complexity index is 1340. The number of benzene rings is 2. The van der Waals surface area contributed by atoms with E-state index in [9.17, 15) is 18.0 Å². The molecule has 1 aliphatic heterocycles. The number of hydrogen-bond donors (Lipinski definition) is 0. The van der Waals surface area contributed by atoms with Gasteiger partial charge in [-0.05, 0) is 70.4 Å². The van der Waals surface area contributed by atoms with E-state index in [-0.39, 0.29) is 24.7 Å². The normalized spacial score (nSPS) is 23.0. The minimum absolute atomic E-state index is 0.00849. The fourth-order valence-electron chi connectivity index (χ4n) is 6.00. The van der Waals surface area contributed by atoms with Crippen LogP contribution in [0.25, 0.3) is 0 Å². The van der Waals surface area contributed by atoms with Crippen molar-refractivity contribution in [1.29, 1.82) is 0 Å². The molecule has 1 saturated heterocycles. The molecule has 43 heavy (non-hydrogen) atoms. The summed E-state index contributed by atoms with van der Waals surface area (Å²) in [6, 6.07) is 16.6. The summed E-state index contributed by atoms with van der Waals surface area (Å²) in [6.07, 6.45) is 4.01. The van der Waals surface area contributed by atoms with E-state index in [0.717, 1.165) is 47.4 Å².